The van der Waals surface area contributed by atoms with Crippen LogP contribution in [-0.2, 0) is 0 Å². The van der Waals surface area contributed by atoms with Crippen LogP contribution in [0.3, 0.4) is 0 Å². The van der Waals surface area contributed by atoms with Crippen LogP contribution < -0.4 is 11.1 Å². The highest BCUT2D eigenvalue weighted by molar-refractivity contribution is 6.00. The number of pyridine rings is 2. The number of nitrogens with zero attached hydrogens (tertiary/aromatic N) is 5. The van der Waals surface area contributed by atoms with Crippen molar-refractivity contribution in [3.05, 3.63) is 95.7 Å². The molecule has 0 aliphatic rings. The summed E-state index contributed by atoms with van der Waals surface area (Å²) in [5, 5.41) is 12.3. The zero-order valence-electron chi connectivity index (χ0n) is 18.6. The maximum absolute atomic E-state index is 13.7. The average molecular weight is 455 g/mol. The van der Waals surface area contributed by atoms with E-state index in [4.69, 9.17) is 10.8 Å². The van der Waals surface area contributed by atoms with Crippen LogP contribution in [0.25, 0.3) is 22.6 Å². The predicted molar refractivity (Wildman–Crippen MR) is 127 cm³/mol. The Morgan fingerprint density at radius 3 is 2.71 bits per heavy atom. The van der Waals surface area contributed by atoms with E-state index in [1.54, 1.807) is 21.5 Å². The Labute approximate surface area is 194 Å². The second-order valence-corrected chi connectivity index (χ2v) is 8.05. The number of aryl methyl sites for hydroxylation is 1. The first-order valence-corrected chi connectivity index (χ1v) is 10.7. The first kappa shape index (κ1) is 21.3. The quantitative estimate of drug-likeness (QED) is 0.397. The van der Waals surface area contributed by atoms with Gasteiger partial charge in [0.2, 0.25) is 0 Å². The number of hydrogen-bond donors (Lipinski definition) is 2. The summed E-state index contributed by atoms with van der Waals surface area (Å²) in [4.78, 5) is 16.5. The van der Waals surface area contributed by atoms with Crippen molar-refractivity contribution < 1.29 is 9.18 Å². The van der Waals surface area contributed by atoms with Gasteiger partial charge in [0.25, 0.3) is 5.91 Å². The third-order valence-corrected chi connectivity index (χ3v) is 5.60. The minimum Gasteiger partial charge on any atom is -0.365 e. The third-order valence-electron chi connectivity index (χ3n) is 5.60. The van der Waals surface area contributed by atoms with Gasteiger partial charge in [-0.05, 0) is 55.8 Å². The molecular formula is C25H22FN7O. The summed E-state index contributed by atoms with van der Waals surface area (Å²) in [5.74, 6) is 0.400. The maximum Gasteiger partial charge on any atom is 0.252 e. The molecule has 0 saturated carbocycles. The molecule has 1 unspecified atom stereocenters. The molecule has 3 N–H and O–H groups in total. The highest BCUT2D eigenvalue weighted by Crippen LogP contribution is 2.29. The first-order chi connectivity index (χ1) is 16.4. The van der Waals surface area contributed by atoms with Gasteiger partial charge in [-0.1, -0.05) is 18.2 Å². The standard InChI is InChI=1S/C25H22FN7O/c1-15-5-3-8-24(29-15)33-21(18-9-10-32-22(12-18)20(14-28-32)25(27)34)13-23(31-33)30-16(2)17-6-4-7-19(26)11-17/h3-14,16H,1-2H3,(H2,27,34)(H,30,31). The number of primary amides is 1. The molecule has 0 spiro atoms. The van der Waals surface area contributed by atoms with Crippen LogP contribution >= 0.6 is 0 Å². The van der Waals surface area contributed by atoms with Crippen molar-refractivity contribution >= 4 is 17.2 Å². The van der Waals surface area contributed by atoms with Crippen molar-refractivity contribution in [2.75, 3.05) is 5.32 Å². The zero-order valence-corrected chi connectivity index (χ0v) is 18.6. The van der Waals surface area contributed by atoms with Crippen LogP contribution in [0.1, 0.15) is 34.6 Å². The molecule has 4 heterocycles. The van der Waals surface area contributed by atoms with Crippen LogP contribution in [0, 0.1) is 12.7 Å². The number of rotatable bonds is 6. The van der Waals surface area contributed by atoms with E-state index in [2.05, 4.69) is 15.4 Å². The molecule has 1 atom stereocenters. The smallest absolute Gasteiger partial charge is 0.252 e. The second kappa shape index (κ2) is 8.43. The van der Waals surface area contributed by atoms with E-state index >= 15 is 0 Å². The monoisotopic (exact) mass is 455 g/mol. The number of nitrogens with two attached hydrogens (primary N) is 1. The fourth-order valence-electron chi connectivity index (χ4n) is 3.89. The molecule has 5 rings (SSSR count). The van der Waals surface area contributed by atoms with Gasteiger partial charge in [0.15, 0.2) is 5.82 Å². The van der Waals surface area contributed by atoms with E-state index < -0.39 is 5.91 Å². The lowest BCUT2D eigenvalue weighted by Gasteiger charge is -2.13. The van der Waals surface area contributed by atoms with Gasteiger partial charge in [-0.3, -0.25) is 4.79 Å². The molecule has 170 valence electrons. The molecule has 9 heteroatoms. The van der Waals surface area contributed by atoms with Crippen molar-refractivity contribution in [3.8, 4) is 17.1 Å². The number of aromatic nitrogens is 5. The summed E-state index contributed by atoms with van der Waals surface area (Å²) in [6, 6.07) is 17.6. The lowest BCUT2D eigenvalue weighted by atomic mass is 10.1. The number of nitrogens with one attached hydrogen (secondary N) is 1. The summed E-state index contributed by atoms with van der Waals surface area (Å²) in [6.45, 7) is 3.85. The summed E-state index contributed by atoms with van der Waals surface area (Å²) in [5.41, 5.74) is 9.66. The van der Waals surface area contributed by atoms with Crippen LogP contribution in [0.2, 0.25) is 0 Å². The summed E-state index contributed by atoms with van der Waals surface area (Å²) < 4.78 is 17.0. The van der Waals surface area contributed by atoms with Gasteiger partial charge in [-0.25, -0.2) is 18.6 Å². The van der Waals surface area contributed by atoms with Crippen molar-refractivity contribution in [1.82, 2.24) is 24.4 Å². The maximum atomic E-state index is 13.7. The van der Waals surface area contributed by atoms with Crippen molar-refractivity contribution in [1.29, 1.82) is 0 Å². The minimum absolute atomic E-state index is 0.184. The number of fused-ring (bicyclic) bond motifs is 1. The van der Waals surface area contributed by atoms with Gasteiger partial charge in [0.1, 0.15) is 11.6 Å². The average Bonchev–Trinajstić information content (AvgIpc) is 3.43. The Morgan fingerprint density at radius 1 is 1.12 bits per heavy atom. The number of carbonyl (C=O) groups excluding carboxylic acids is 1. The number of halogens is 1. The fraction of sp³-hybridized carbons (Fsp3) is 0.120. The molecule has 0 radical (unpaired) electrons. The van der Waals surface area contributed by atoms with E-state index in [1.807, 2.05) is 56.3 Å². The van der Waals surface area contributed by atoms with E-state index in [-0.39, 0.29) is 11.9 Å². The molecule has 4 aromatic heterocycles. The van der Waals surface area contributed by atoms with Crippen molar-refractivity contribution in [2.24, 2.45) is 5.73 Å². The molecule has 1 aromatic carbocycles. The SMILES string of the molecule is Cc1cccc(-n2nc(NC(C)c3cccc(F)c3)cc2-c2ccn3ncc(C(N)=O)c3c2)n1. The van der Waals surface area contributed by atoms with Crippen LogP contribution in [-0.4, -0.2) is 30.3 Å². The largest absolute Gasteiger partial charge is 0.365 e. The van der Waals surface area contributed by atoms with Crippen molar-refractivity contribution in [3.63, 3.8) is 0 Å². The lowest BCUT2D eigenvalue weighted by molar-refractivity contribution is 0.100. The Hall–Kier alpha value is -4.53. The molecule has 0 aliphatic carbocycles. The van der Waals surface area contributed by atoms with E-state index in [1.165, 1.54) is 18.3 Å². The van der Waals surface area contributed by atoms with Crippen LogP contribution in [0.15, 0.2) is 73.1 Å². The molecule has 34 heavy (non-hydrogen) atoms. The highest BCUT2D eigenvalue weighted by atomic mass is 19.1. The molecular weight excluding hydrogens is 433 g/mol. The Bertz CT molecular complexity index is 1520. The second-order valence-electron chi connectivity index (χ2n) is 8.05. The Morgan fingerprint density at radius 2 is 1.94 bits per heavy atom. The van der Waals surface area contributed by atoms with E-state index in [0.29, 0.717) is 22.7 Å². The van der Waals surface area contributed by atoms with Crippen LogP contribution in [0.4, 0.5) is 10.2 Å². The number of hydrogen-bond acceptors (Lipinski definition) is 5. The predicted octanol–water partition coefficient (Wildman–Crippen LogP) is 4.30. The van der Waals surface area contributed by atoms with Gasteiger partial charge >= 0.3 is 0 Å². The normalized spacial score (nSPS) is 12.1. The molecule has 1 amide bonds. The Kier molecular flexibility index (Phi) is 5.29. The zero-order chi connectivity index (χ0) is 23.8. The third kappa shape index (κ3) is 3.99. The van der Waals surface area contributed by atoms with Gasteiger partial charge < -0.3 is 11.1 Å². The number of anilines is 1. The van der Waals surface area contributed by atoms with Gasteiger partial charge in [-0.2, -0.15) is 5.10 Å². The summed E-state index contributed by atoms with van der Waals surface area (Å²) in [7, 11) is 0. The molecule has 8 nitrogen and oxygen atoms in total. The molecule has 0 fully saturated rings. The van der Waals surface area contributed by atoms with E-state index in [9.17, 15) is 9.18 Å². The summed E-state index contributed by atoms with van der Waals surface area (Å²) >= 11 is 0. The molecule has 0 bridgehead atoms. The van der Waals surface area contributed by atoms with Crippen molar-refractivity contribution in [2.45, 2.75) is 19.9 Å². The van der Waals surface area contributed by atoms with Gasteiger partial charge in [-0.15, -0.1) is 5.10 Å². The fourth-order valence-corrected chi connectivity index (χ4v) is 3.89. The topological polar surface area (TPSA) is 103 Å². The van der Waals surface area contributed by atoms with Gasteiger partial charge in [0, 0.05) is 23.5 Å². The molecule has 5 aromatic rings. The Balaban J connectivity index is 1.61. The summed E-state index contributed by atoms with van der Waals surface area (Å²) in [6.07, 6.45) is 3.22. The first-order valence-electron chi connectivity index (χ1n) is 10.7. The number of amides is 1. The number of benzene rings is 1. The van der Waals surface area contributed by atoms with E-state index in [0.717, 1.165) is 22.5 Å². The molecule has 0 aliphatic heterocycles. The highest BCUT2D eigenvalue weighted by Gasteiger charge is 2.17. The minimum atomic E-state index is -0.549. The number of carbonyl (C=O) groups is 1. The molecule has 0 saturated heterocycles. The van der Waals surface area contributed by atoms with Gasteiger partial charge in [0.05, 0.1) is 29.0 Å². The van der Waals surface area contributed by atoms with Crippen LogP contribution in [0.5, 0.6) is 0 Å². The lowest BCUT2D eigenvalue weighted by Crippen LogP contribution is -2.10.